The van der Waals surface area contributed by atoms with Crippen molar-refractivity contribution in [1.82, 2.24) is 20.2 Å². The van der Waals surface area contributed by atoms with Gasteiger partial charge in [0, 0.05) is 37.9 Å². The van der Waals surface area contributed by atoms with E-state index in [9.17, 15) is 13.6 Å². The van der Waals surface area contributed by atoms with Gasteiger partial charge in [0.25, 0.3) is 0 Å². The molecule has 0 radical (unpaired) electrons. The molecule has 39 heavy (non-hydrogen) atoms. The highest BCUT2D eigenvalue weighted by Crippen LogP contribution is 2.26. The van der Waals surface area contributed by atoms with Crippen LogP contribution in [0.3, 0.4) is 0 Å². The Balaban J connectivity index is 1.22. The van der Waals surface area contributed by atoms with Crippen LogP contribution in [0.25, 0.3) is 5.69 Å². The van der Waals surface area contributed by atoms with Crippen LogP contribution in [-0.2, 0) is 28.9 Å². The van der Waals surface area contributed by atoms with E-state index in [2.05, 4.69) is 27.0 Å². The number of amides is 1. The van der Waals surface area contributed by atoms with Gasteiger partial charge in [0.2, 0.25) is 5.91 Å². The molecule has 1 saturated heterocycles. The number of nitrogens with zero attached hydrogens (tertiary/aromatic N) is 2. The van der Waals surface area contributed by atoms with E-state index in [1.807, 2.05) is 35.9 Å². The van der Waals surface area contributed by atoms with Gasteiger partial charge in [-0.3, -0.25) is 4.79 Å². The molecule has 5 rings (SSSR count). The van der Waals surface area contributed by atoms with Gasteiger partial charge in [0.15, 0.2) is 5.82 Å². The Morgan fingerprint density at radius 3 is 2.79 bits per heavy atom. The zero-order valence-corrected chi connectivity index (χ0v) is 22.4. The molecule has 1 aromatic heterocycles. The number of nitrogens with one attached hydrogen (secondary N) is 3. The quantitative estimate of drug-likeness (QED) is 0.350. The van der Waals surface area contributed by atoms with Crippen LogP contribution < -0.4 is 16.0 Å². The molecule has 7 nitrogen and oxygen atoms in total. The Hall–Kier alpha value is -3.14. The summed E-state index contributed by atoms with van der Waals surface area (Å²) in [5, 5.41) is 10.0. The van der Waals surface area contributed by atoms with Gasteiger partial charge < -0.3 is 25.3 Å². The highest BCUT2D eigenvalue weighted by atomic mass is 19.1. The normalized spacial score (nSPS) is 18.5. The van der Waals surface area contributed by atoms with Gasteiger partial charge in [-0.15, -0.1) is 0 Å². The molecular formula is C30H37F2N5O2. The second kappa shape index (κ2) is 12.8. The number of aromatic nitrogens is 2. The first kappa shape index (κ1) is 27.4. The van der Waals surface area contributed by atoms with Gasteiger partial charge in [0.05, 0.1) is 17.9 Å². The smallest absolute Gasteiger partial charge is 0.242 e. The van der Waals surface area contributed by atoms with Gasteiger partial charge >= 0.3 is 0 Å². The summed E-state index contributed by atoms with van der Waals surface area (Å²) in [4.78, 5) is 17.7. The van der Waals surface area contributed by atoms with Crippen LogP contribution in [0.5, 0.6) is 0 Å². The molecular weight excluding hydrogens is 500 g/mol. The predicted octanol–water partition coefficient (Wildman–Crippen LogP) is 4.67. The number of imidazole rings is 1. The number of ether oxygens (including phenoxy) is 1. The number of hydrogen-bond acceptors (Lipinski definition) is 5. The van der Waals surface area contributed by atoms with Gasteiger partial charge in [0.1, 0.15) is 18.0 Å². The summed E-state index contributed by atoms with van der Waals surface area (Å²) < 4.78 is 35.4. The largest absolute Gasteiger partial charge is 0.381 e. The van der Waals surface area contributed by atoms with E-state index in [1.165, 1.54) is 6.07 Å². The topological polar surface area (TPSA) is 80.2 Å². The number of para-hydroxylation sites is 1. The number of aryl methyl sites for hydroxylation is 1. The second-order valence-electron chi connectivity index (χ2n) is 10.5. The lowest BCUT2D eigenvalue weighted by Crippen LogP contribution is -2.48. The summed E-state index contributed by atoms with van der Waals surface area (Å²) in [6, 6.07) is 10.5. The third-order valence-corrected chi connectivity index (χ3v) is 7.70. The number of carbonyl (C=O) groups excluding carboxylic acids is 1. The van der Waals surface area contributed by atoms with E-state index in [4.69, 9.17) is 4.74 Å². The molecule has 2 aliphatic rings. The van der Waals surface area contributed by atoms with Gasteiger partial charge in [-0.25, -0.2) is 13.8 Å². The molecule has 0 saturated carbocycles. The Morgan fingerprint density at radius 1 is 1.15 bits per heavy atom. The van der Waals surface area contributed by atoms with Crippen molar-refractivity contribution < 1.29 is 18.3 Å². The van der Waals surface area contributed by atoms with Crippen molar-refractivity contribution in [2.24, 2.45) is 0 Å². The molecule has 0 spiro atoms. The number of anilines is 1. The first-order chi connectivity index (χ1) is 19.0. The number of rotatable bonds is 10. The molecule has 1 aliphatic heterocycles. The third kappa shape index (κ3) is 6.90. The minimum absolute atomic E-state index is 0.0626. The van der Waals surface area contributed by atoms with Gasteiger partial charge in [-0.05, 0) is 67.3 Å². The highest BCUT2D eigenvalue weighted by Gasteiger charge is 2.27. The molecule has 0 unspecified atom stereocenters. The lowest BCUT2D eigenvalue weighted by Gasteiger charge is -2.29. The Kier molecular flexibility index (Phi) is 9.01. The molecule has 208 valence electrons. The van der Waals surface area contributed by atoms with Gasteiger partial charge in [-0.1, -0.05) is 31.5 Å². The van der Waals surface area contributed by atoms with Gasteiger partial charge in [-0.2, -0.15) is 0 Å². The molecule has 0 bridgehead atoms. The fraction of sp³-hybridized carbons (Fsp3) is 0.467. The summed E-state index contributed by atoms with van der Waals surface area (Å²) in [5.74, 6) is -0.743. The first-order valence-electron chi connectivity index (χ1n) is 14.0. The van der Waals surface area contributed by atoms with Crippen LogP contribution in [0.4, 0.5) is 14.6 Å². The third-order valence-electron chi connectivity index (χ3n) is 7.70. The maximum absolute atomic E-state index is 14.4. The lowest BCUT2D eigenvalue weighted by atomic mass is 9.87. The van der Waals surface area contributed by atoms with E-state index in [0.29, 0.717) is 36.7 Å². The summed E-state index contributed by atoms with van der Waals surface area (Å²) in [5.41, 5.74) is 3.41. The summed E-state index contributed by atoms with van der Waals surface area (Å²) >= 11 is 0. The first-order valence-corrected chi connectivity index (χ1v) is 14.0. The van der Waals surface area contributed by atoms with Crippen LogP contribution >= 0.6 is 0 Å². The zero-order chi connectivity index (χ0) is 27.2. The number of halogens is 2. The van der Waals surface area contributed by atoms with Crippen molar-refractivity contribution >= 4 is 11.7 Å². The number of benzene rings is 2. The van der Waals surface area contributed by atoms with Crippen molar-refractivity contribution in [3.63, 3.8) is 0 Å². The van der Waals surface area contributed by atoms with Crippen LogP contribution in [0.1, 0.15) is 55.7 Å². The van der Waals surface area contributed by atoms with Crippen LogP contribution in [0.15, 0.2) is 48.9 Å². The van der Waals surface area contributed by atoms with E-state index in [1.54, 1.807) is 6.33 Å². The molecule has 1 aliphatic carbocycles. The average Bonchev–Trinajstić information content (AvgIpc) is 3.41. The van der Waals surface area contributed by atoms with Crippen molar-refractivity contribution in [3.05, 3.63) is 77.2 Å². The van der Waals surface area contributed by atoms with E-state index >= 15 is 0 Å². The second-order valence-corrected chi connectivity index (χ2v) is 10.5. The molecule has 9 heteroatoms. The minimum Gasteiger partial charge on any atom is -0.381 e. The Morgan fingerprint density at radius 2 is 1.97 bits per heavy atom. The fourth-order valence-electron chi connectivity index (χ4n) is 5.59. The monoisotopic (exact) mass is 537 g/mol. The van der Waals surface area contributed by atoms with E-state index in [0.717, 1.165) is 68.3 Å². The Bertz CT molecular complexity index is 1270. The molecule has 2 aromatic carbocycles. The fourth-order valence-corrected chi connectivity index (χ4v) is 5.59. The Labute approximate surface area is 228 Å². The van der Waals surface area contributed by atoms with Crippen molar-refractivity contribution in [2.75, 3.05) is 18.5 Å². The molecule has 1 fully saturated rings. The number of hydrogen-bond donors (Lipinski definition) is 3. The van der Waals surface area contributed by atoms with Crippen LogP contribution in [-0.4, -0.2) is 46.8 Å². The maximum atomic E-state index is 14.4. The maximum Gasteiger partial charge on any atom is 0.242 e. The SMILES string of the molecule is CCC[C@@H](N[C@H]1CCc2cc(F)cc(F)c2C1)C(=O)Nc1cn(-c2ccccc2CNC2CCOCC2)cn1. The van der Waals surface area contributed by atoms with Crippen LogP contribution in [0, 0.1) is 11.6 Å². The molecule has 3 aromatic rings. The number of fused-ring (bicyclic) bond motifs is 1. The standard InChI is InChI=1S/C30H37F2N5O2/c1-2-5-27(35-24-9-8-20-14-22(31)15-26(32)25(20)16-24)30(38)36-29-18-37(19-34-29)28-7-4-3-6-21(28)17-33-23-10-12-39-13-11-23/h3-4,6-7,14-15,18-19,23-24,27,33,35H,2,5,8-13,16-17H2,1H3,(H,36,38)/t24-,27+/m0/s1. The summed E-state index contributed by atoms with van der Waals surface area (Å²) in [7, 11) is 0. The van der Waals surface area contributed by atoms with Crippen molar-refractivity contribution in [1.29, 1.82) is 0 Å². The van der Waals surface area contributed by atoms with E-state index < -0.39 is 17.7 Å². The minimum atomic E-state index is -0.543. The summed E-state index contributed by atoms with van der Waals surface area (Å²) in [6.45, 7) is 4.35. The van der Waals surface area contributed by atoms with Crippen molar-refractivity contribution in [3.8, 4) is 5.69 Å². The number of carbonyl (C=O) groups is 1. The highest BCUT2D eigenvalue weighted by molar-refractivity contribution is 5.94. The molecule has 1 amide bonds. The zero-order valence-electron chi connectivity index (χ0n) is 22.4. The summed E-state index contributed by atoms with van der Waals surface area (Å²) in [6.07, 6.45) is 8.75. The average molecular weight is 538 g/mol. The molecule has 3 N–H and O–H groups in total. The lowest BCUT2D eigenvalue weighted by molar-refractivity contribution is -0.118. The molecule has 2 heterocycles. The van der Waals surface area contributed by atoms with E-state index in [-0.39, 0.29) is 11.9 Å². The van der Waals surface area contributed by atoms with Crippen LogP contribution in [0.2, 0.25) is 0 Å². The molecule has 2 atom stereocenters. The predicted molar refractivity (Wildman–Crippen MR) is 147 cm³/mol. The van der Waals surface area contributed by atoms with Crippen molar-refractivity contribution in [2.45, 2.75) is 76.5 Å².